The first-order chi connectivity index (χ1) is 20.1. The van der Waals surface area contributed by atoms with E-state index in [2.05, 4.69) is 25.7 Å². The number of esters is 2. The second kappa shape index (κ2) is 14.0. The smallest absolute Gasteiger partial charge is 0.408 e. The van der Waals surface area contributed by atoms with Crippen LogP contribution in [-0.2, 0) is 48.4 Å². The van der Waals surface area contributed by atoms with Crippen LogP contribution in [-0.4, -0.2) is 73.2 Å². The molecular weight excluding hydrogens is 566 g/mol. The van der Waals surface area contributed by atoms with Crippen LogP contribution in [0, 0.1) is 0 Å². The van der Waals surface area contributed by atoms with Crippen LogP contribution in [0.15, 0.2) is 41.9 Å². The van der Waals surface area contributed by atoms with Crippen LogP contribution in [0.25, 0.3) is 0 Å². The van der Waals surface area contributed by atoms with Gasteiger partial charge < -0.3 is 24.4 Å². The van der Waals surface area contributed by atoms with Crippen molar-refractivity contribution in [2.24, 2.45) is 0 Å². The lowest BCUT2D eigenvalue weighted by Crippen LogP contribution is -2.45. The maximum Gasteiger partial charge on any atom is 0.408 e. The van der Waals surface area contributed by atoms with Gasteiger partial charge in [0.15, 0.2) is 5.78 Å². The van der Waals surface area contributed by atoms with Crippen molar-refractivity contribution in [3.05, 3.63) is 52.5 Å². The molecule has 1 amide bonds. The third-order valence-corrected chi connectivity index (χ3v) is 6.78. The number of hydrogen-bond acceptors (Lipinski definition) is 13. The van der Waals surface area contributed by atoms with Crippen molar-refractivity contribution >= 4 is 41.1 Å². The van der Waals surface area contributed by atoms with E-state index in [-0.39, 0.29) is 19.2 Å². The number of thiazole rings is 1. The number of nitrogens with zero attached hydrogens (tertiary/aromatic N) is 6. The molecule has 1 aliphatic rings. The monoisotopic (exact) mass is 599 g/mol. The summed E-state index contributed by atoms with van der Waals surface area (Å²) in [4.78, 5) is 57.8. The molecule has 15 heteroatoms. The molecule has 224 valence electrons. The van der Waals surface area contributed by atoms with Crippen LogP contribution in [0.3, 0.4) is 0 Å². The Morgan fingerprint density at radius 2 is 1.90 bits per heavy atom. The second-order valence-corrected chi connectivity index (χ2v) is 11.5. The summed E-state index contributed by atoms with van der Waals surface area (Å²) in [5.74, 6) is -1.50. The lowest BCUT2D eigenvalue weighted by atomic mass is 10.1. The van der Waals surface area contributed by atoms with Crippen molar-refractivity contribution in [1.82, 2.24) is 30.5 Å². The van der Waals surface area contributed by atoms with Crippen molar-refractivity contribution in [3.8, 4) is 0 Å². The van der Waals surface area contributed by atoms with Crippen molar-refractivity contribution in [1.29, 1.82) is 0 Å². The van der Waals surface area contributed by atoms with Gasteiger partial charge in [0.05, 0.1) is 6.42 Å². The minimum atomic E-state index is -1.27. The second-order valence-electron chi connectivity index (χ2n) is 10.5. The molecule has 1 aliphatic heterocycles. The van der Waals surface area contributed by atoms with Crippen LogP contribution < -0.4 is 10.2 Å². The fourth-order valence-corrected chi connectivity index (χ4v) is 4.70. The van der Waals surface area contributed by atoms with Gasteiger partial charge in [0.1, 0.15) is 42.5 Å². The number of tetrazole rings is 1. The quantitative estimate of drug-likeness (QED) is 0.239. The van der Waals surface area contributed by atoms with Crippen molar-refractivity contribution in [2.45, 2.75) is 77.5 Å². The third kappa shape index (κ3) is 9.06. The Kier molecular flexibility index (Phi) is 10.2. The van der Waals surface area contributed by atoms with E-state index < -0.39 is 54.5 Å². The van der Waals surface area contributed by atoms with E-state index >= 15 is 0 Å². The minimum Gasteiger partial charge on any atom is -0.460 e. The van der Waals surface area contributed by atoms with E-state index in [9.17, 15) is 19.2 Å². The topological polar surface area (TPSA) is 168 Å². The highest BCUT2D eigenvalue weighted by molar-refractivity contribution is 7.09. The molecule has 0 radical (unpaired) electrons. The number of ketones is 1. The van der Waals surface area contributed by atoms with E-state index in [0.29, 0.717) is 18.0 Å². The number of carbonyl (C=O) groups is 4. The Morgan fingerprint density at radius 1 is 1.12 bits per heavy atom. The van der Waals surface area contributed by atoms with Gasteiger partial charge >= 0.3 is 18.0 Å². The minimum absolute atomic E-state index is 0.0166. The van der Waals surface area contributed by atoms with Crippen LogP contribution in [0.5, 0.6) is 0 Å². The third-order valence-electron chi connectivity index (χ3n) is 6.03. The lowest BCUT2D eigenvalue weighted by Gasteiger charge is -2.22. The molecule has 14 nitrogen and oxygen atoms in total. The van der Waals surface area contributed by atoms with Crippen LogP contribution >= 0.6 is 11.3 Å². The average molecular weight is 600 g/mol. The zero-order valence-electron chi connectivity index (χ0n) is 23.6. The molecular formula is C27H33N7O7S. The normalized spacial score (nSPS) is 15.6. The molecule has 42 heavy (non-hydrogen) atoms. The molecule has 2 aromatic heterocycles. The van der Waals surface area contributed by atoms with E-state index in [1.807, 2.05) is 6.07 Å². The van der Waals surface area contributed by atoms with Gasteiger partial charge in [0.2, 0.25) is 0 Å². The van der Waals surface area contributed by atoms with E-state index in [1.54, 1.807) is 61.5 Å². The lowest BCUT2D eigenvalue weighted by molar-refractivity contribution is -0.156. The zero-order valence-corrected chi connectivity index (χ0v) is 24.4. The number of nitrogens with one attached hydrogen (secondary N) is 1. The Morgan fingerprint density at radius 3 is 2.62 bits per heavy atom. The number of carbonyl (C=O) groups excluding carboxylic acids is 4. The predicted octanol–water partition coefficient (Wildman–Crippen LogP) is 2.44. The fourth-order valence-electron chi connectivity index (χ4n) is 4.17. The molecule has 1 unspecified atom stereocenters. The summed E-state index contributed by atoms with van der Waals surface area (Å²) in [7, 11) is 0. The maximum atomic E-state index is 13.2. The summed E-state index contributed by atoms with van der Waals surface area (Å²) in [5.41, 5.74) is -0.0246. The molecule has 0 spiro atoms. The molecule has 0 bridgehead atoms. The highest BCUT2D eigenvalue weighted by atomic mass is 32.1. The number of anilines is 1. The summed E-state index contributed by atoms with van der Waals surface area (Å²) < 4.78 is 16.0. The number of rotatable bonds is 12. The maximum absolute atomic E-state index is 13.2. The van der Waals surface area contributed by atoms with Gasteiger partial charge in [-0.2, -0.15) is 4.80 Å². The van der Waals surface area contributed by atoms with E-state index in [0.717, 1.165) is 16.8 Å². The molecule has 4 rings (SSSR count). The molecule has 2 atom stereocenters. The number of benzene rings is 1. The predicted molar refractivity (Wildman–Crippen MR) is 149 cm³/mol. The molecule has 0 saturated carbocycles. The Balaban J connectivity index is 1.38. The summed E-state index contributed by atoms with van der Waals surface area (Å²) in [6.07, 6.45) is 1.62. The van der Waals surface area contributed by atoms with Gasteiger partial charge in [-0.3, -0.25) is 9.59 Å². The van der Waals surface area contributed by atoms with Crippen LogP contribution in [0.4, 0.5) is 10.7 Å². The molecule has 1 saturated heterocycles. The number of hydrogen-bond donors (Lipinski definition) is 1. The standard InChI is InChI=1S/C27H33N7O7S/c1-27(2,3)41-23(36)14-19(29-26(38)40-16-18-8-5-4-6-9-18)21(35)15-34-31-25(30-32-34)33-12-7-10-20(33)24(37)39-17-22-28-11-13-42-22/h4-6,8-9,11,13,19-20H,7,10,12,14-17H2,1-3H3,(H,29,38)/t19?,20-/m1/s1. The summed E-state index contributed by atoms with van der Waals surface area (Å²) in [6, 6.07) is 7.16. The summed E-state index contributed by atoms with van der Waals surface area (Å²) in [5, 5.41) is 17.2. The molecule has 0 aliphatic carbocycles. The van der Waals surface area contributed by atoms with Crippen molar-refractivity contribution in [2.75, 3.05) is 11.4 Å². The van der Waals surface area contributed by atoms with E-state index in [4.69, 9.17) is 14.2 Å². The highest BCUT2D eigenvalue weighted by Crippen LogP contribution is 2.23. The Labute approximate surface area is 246 Å². The summed E-state index contributed by atoms with van der Waals surface area (Å²) in [6.45, 7) is 5.27. The zero-order chi connectivity index (χ0) is 30.1. The number of aromatic nitrogens is 5. The van der Waals surface area contributed by atoms with Crippen molar-refractivity contribution in [3.63, 3.8) is 0 Å². The Bertz CT molecular complexity index is 1360. The van der Waals surface area contributed by atoms with Gasteiger partial charge in [0, 0.05) is 18.1 Å². The van der Waals surface area contributed by atoms with Crippen LogP contribution in [0.2, 0.25) is 0 Å². The first-order valence-electron chi connectivity index (χ1n) is 13.4. The molecule has 3 heterocycles. The first kappa shape index (κ1) is 30.6. The van der Waals surface area contributed by atoms with Gasteiger partial charge in [0.25, 0.3) is 5.95 Å². The molecule has 1 fully saturated rings. The molecule has 1 aromatic carbocycles. The van der Waals surface area contributed by atoms with Gasteiger partial charge in [-0.15, -0.1) is 16.4 Å². The number of alkyl carbamates (subject to hydrolysis) is 1. The summed E-state index contributed by atoms with van der Waals surface area (Å²) >= 11 is 1.39. The number of ether oxygens (including phenoxy) is 3. The SMILES string of the molecule is CC(C)(C)OC(=O)CC(NC(=O)OCc1ccccc1)C(=O)Cn1nnc(N2CCC[C@@H]2C(=O)OCc2nccs2)n1. The highest BCUT2D eigenvalue weighted by Gasteiger charge is 2.35. The van der Waals surface area contributed by atoms with Gasteiger partial charge in [-0.05, 0) is 44.4 Å². The number of amides is 1. The molecule has 3 aromatic rings. The van der Waals surface area contributed by atoms with Crippen LogP contribution in [0.1, 0.15) is 50.6 Å². The largest absolute Gasteiger partial charge is 0.460 e. The average Bonchev–Trinajstić information content (AvgIpc) is 3.72. The van der Waals surface area contributed by atoms with Gasteiger partial charge in [-0.1, -0.05) is 35.4 Å². The van der Waals surface area contributed by atoms with Crippen molar-refractivity contribution < 1.29 is 33.4 Å². The fraction of sp³-hybridized carbons (Fsp3) is 0.481. The number of Topliss-reactive ketones (excluding diaryl/α,β-unsaturated/α-hetero) is 1. The first-order valence-corrected chi connectivity index (χ1v) is 14.3. The Hall–Kier alpha value is -4.40. The van der Waals surface area contributed by atoms with Gasteiger partial charge in [-0.25, -0.2) is 14.6 Å². The molecule has 1 N–H and O–H groups in total. The van der Waals surface area contributed by atoms with E-state index in [1.165, 1.54) is 11.3 Å².